The van der Waals surface area contributed by atoms with E-state index >= 15 is 0 Å². The van der Waals surface area contributed by atoms with Crippen molar-refractivity contribution < 1.29 is 31.7 Å². The van der Waals surface area contributed by atoms with Crippen LogP contribution in [0.5, 0.6) is 17.2 Å². The van der Waals surface area contributed by atoms with Crippen LogP contribution >= 0.6 is 0 Å². The van der Waals surface area contributed by atoms with Crippen LogP contribution in [0.2, 0.25) is 0 Å². The van der Waals surface area contributed by atoms with Gasteiger partial charge in [0.15, 0.2) is 11.5 Å². The monoisotopic (exact) mass is 362 g/mol. The zero-order valence-electron chi connectivity index (χ0n) is 13.9. The summed E-state index contributed by atoms with van der Waals surface area (Å²) in [5, 5.41) is 10.3. The fraction of sp³-hybridized carbons (Fsp3) is 0.368. The van der Waals surface area contributed by atoms with Gasteiger partial charge in [-0.3, -0.25) is 4.90 Å². The van der Waals surface area contributed by atoms with Gasteiger partial charge in [0.05, 0.1) is 0 Å². The average Bonchev–Trinajstić information content (AvgIpc) is 3.07. The first kappa shape index (κ1) is 17.9. The van der Waals surface area contributed by atoms with E-state index in [9.17, 15) is 5.11 Å². The van der Waals surface area contributed by atoms with Crippen LogP contribution in [0, 0.1) is 0 Å². The van der Waals surface area contributed by atoms with Crippen molar-refractivity contribution in [3.8, 4) is 17.2 Å². The summed E-state index contributed by atoms with van der Waals surface area (Å²) in [4.78, 5) is 2.27. The van der Waals surface area contributed by atoms with Crippen molar-refractivity contribution in [1.82, 2.24) is 4.90 Å². The Bertz CT molecular complexity index is 724. The SMILES string of the molecule is OC(COc1ccc2c(c1)OCO2)CN1CCc2ccccc2C1.[Cl-]. The Labute approximate surface area is 153 Å². The van der Waals surface area contributed by atoms with E-state index in [0.29, 0.717) is 18.0 Å². The van der Waals surface area contributed by atoms with Gasteiger partial charge in [-0.25, -0.2) is 0 Å². The lowest BCUT2D eigenvalue weighted by Crippen LogP contribution is -3.00. The normalized spacial score (nSPS) is 16.7. The Kier molecular flexibility index (Phi) is 5.68. The highest BCUT2D eigenvalue weighted by Crippen LogP contribution is 2.35. The Morgan fingerprint density at radius 2 is 1.88 bits per heavy atom. The smallest absolute Gasteiger partial charge is 0.231 e. The molecule has 0 aliphatic carbocycles. The van der Waals surface area contributed by atoms with Crippen LogP contribution < -0.4 is 26.6 Å². The van der Waals surface area contributed by atoms with Gasteiger partial charge in [-0.05, 0) is 29.7 Å². The number of aliphatic hydroxyl groups excluding tert-OH is 1. The molecule has 4 rings (SSSR count). The third kappa shape index (κ3) is 4.18. The molecule has 5 nitrogen and oxygen atoms in total. The molecule has 2 aliphatic heterocycles. The summed E-state index contributed by atoms with van der Waals surface area (Å²) in [6.45, 7) is 2.98. The van der Waals surface area contributed by atoms with Gasteiger partial charge in [0.2, 0.25) is 6.79 Å². The summed E-state index contributed by atoms with van der Waals surface area (Å²) in [7, 11) is 0. The van der Waals surface area contributed by atoms with E-state index in [1.54, 1.807) is 6.07 Å². The van der Waals surface area contributed by atoms with Crippen molar-refractivity contribution in [3.63, 3.8) is 0 Å². The number of hydrogen-bond donors (Lipinski definition) is 1. The lowest BCUT2D eigenvalue weighted by atomic mass is 10.00. The van der Waals surface area contributed by atoms with E-state index in [2.05, 4.69) is 29.2 Å². The lowest BCUT2D eigenvalue weighted by Gasteiger charge is -2.30. The highest BCUT2D eigenvalue weighted by atomic mass is 35.5. The molecular formula is C19H21ClNO4-. The van der Waals surface area contributed by atoms with Crippen molar-refractivity contribution >= 4 is 0 Å². The number of rotatable bonds is 5. The molecule has 0 bridgehead atoms. The Balaban J connectivity index is 0.00000182. The Morgan fingerprint density at radius 1 is 1.08 bits per heavy atom. The Morgan fingerprint density at radius 3 is 2.76 bits per heavy atom. The molecule has 134 valence electrons. The molecule has 0 saturated carbocycles. The molecule has 0 fully saturated rings. The molecule has 1 atom stereocenters. The zero-order valence-corrected chi connectivity index (χ0v) is 14.6. The van der Waals surface area contributed by atoms with Crippen LogP contribution in [0.4, 0.5) is 0 Å². The van der Waals surface area contributed by atoms with E-state index in [1.165, 1.54) is 11.1 Å². The van der Waals surface area contributed by atoms with Crippen LogP contribution in [0.1, 0.15) is 11.1 Å². The van der Waals surface area contributed by atoms with E-state index in [0.717, 1.165) is 25.3 Å². The number of benzene rings is 2. The largest absolute Gasteiger partial charge is 1.00 e. The minimum atomic E-state index is -0.527. The van der Waals surface area contributed by atoms with Gasteiger partial charge < -0.3 is 31.7 Å². The van der Waals surface area contributed by atoms with Crippen LogP contribution in [0.25, 0.3) is 0 Å². The molecule has 25 heavy (non-hydrogen) atoms. The van der Waals surface area contributed by atoms with Gasteiger partial charge in [0, 0.05) is 25.7 Å². The molecule has 0 saturated heterocycles. The quantitative estimate of drug-likeness (QED) is 0.756. The van der Waals surface area contributed by atoms with Crippen LogP contribution in [0.3, 0.4) is 0 Å². The maximum atomic E-state index is 10.3. The number of nitrogens with zero attached hydrogens (tertiary/aromatic N) is 1. The maximum absolute atomic E-state index is 10.3. The number of fused-ring (bicyclic) bond motifs is 2. The third-order valence-electron chi connectivity index (χ3n) is 4.47. The van der Waals surface area contributed by atoms with Crippen molar-refractivity contribution in [2.75, 3.05) is 26.5 Å². The molecule has 0 aromatic heterocycles. The maximum Gasteiger partial charge on any atom is 0.231 e. The molecule has 0 amide bonds. The van der Waals surface area contributed by atoms with Crippen molar-refractivity contribution in [3.05, 3.63) is 53.6 Å². The topological polar surface area (TPSA) is 51.2 Å². The van der Waals surface area contributed by atoms with Gasteiger partial charge in [-0.15, -0.1) is 0 Å². The minimum absolute atomic E-state index is 0. The number of β-amino-alcohol motifs (C(OH)–C–C–N with tert-alkyl or cyclic N) is 1. The highest BCUT2D eigenvalue weighted by Gasteiger charge is 2.19. The summed E-state index contributed by atoms with van der Waals surface area (Å²) >= 11 is 0. The van der Waals surface area contributed by atoms with E-state index in [1.807, 2.05) is 12.1 Å². The summed E-state index contributed by atoms with van der Waals surface area (Å²) in [5.41, 5.74) is 2.77. The van der Waals surface area contributed by atoms with Crippen molar-refractivity contribution in [2.45, 2.75) is 19.1 Å². The second kappa shape index (κ2) is 7.95. The second-order valence-electron chi connectivity index (χ2n) is 6.23. The fourth-order valence-electron chi connectivity index (χ4n) is 3.22. The second-order valence-corrected chi connectivity index (χ2v) is 6.23. The summed E-state index contributed by atoms with van der Waals surface area (Å²) < 4.78 is 16.3. The van der Waals surface area contributed by atoms with E-state index < -0.39 is 6.10 Å². The average molecular weight is 363 g/mol. The first-order chi connectivity index (χ1) is 11.8. The lowest BCUT2D eigenvalue weighted by molar-refractivity contribution is -0.00000881. The number of ether oxygens (including phenoxy) is 3. The fourth-order valence-corrected chi connectivity index (χ4v) is 3.22. The molecule has 2 aromatic carbocycles. The third-order valence-corrected chi connectivity index (χ3v) is 4.47. The Hall–Kier alpha value is -1.95. The van der Waals surface area contributed by atoms with Gasteiger partial charge in [-0.1, -0.05) is 24.3 Å². The standard InChI is InChI=1S/C19H21NO4.ClH/c21-16(11-20-8-7-14-3-1-2-4-15(14)10-20)12-22-17-5-6-18-19(9-17)24-13-23-18;/h1-6,9,16,21H,7-8,10-13H2;1H/p-1. The summed E-state index contributed by atoms with van der Waals surface area (Å²) in [6.07, 6.45) is 0.506. The summed E-state index contributed by atoms with van der Waals surface area (Å²) in [5.74, 6) is 2.10. The van der Waals surface area contributed by atoms with Crippen molar-refractivity contribution in [1.29, 1.82) is 0 Å². The molecular weight excluding hydrogens is 342 g/mol. The van der Waals surface area contributed by atoms with Crippen LogP contribution in [-0.4, -0.2) is 42.6 Å². The van der Waals surface area contributed by atoms with E-state index in [4.69, 9.17) is 14.2 Å². The van der Waals surface area contributed by atoms with Gasteiger partial charge in [-0.2, -0.15) is 0 Å². The number of aliphatic hydroxyl groups is 1. The molecule has 2 aromatic rings. The first-order valence-electron chi connectivity index (χ1n) is 8.27. The van der Waals surface area contributed by atoms with E-state index in [-0.39, 0.29) is 25.8 Å². The molecule has 0 spiro atoms. The molecule has 0 radical (unpaired) electrons. The molecule has 1 N–H and O–H groups in total. The van der Waals surface area contributed by atoms with Crippen LogP contribution in [0.15, 0.2) is 42.5 Å². The molecule has 2 heterocycles. The minimum Gasteiger partial charge on any atom is -1.00 e. The van der Waals surface area contributed by atoms with Crippen molar-refractivity contribution in [2.24, 2.45) is 0 Å². The van der Waals surface area contributed by atoms with Crippen LogP contribution in [-0.2, 0) is 13.0 Å². The number of hydrogen-bond acceptors (Lipinski definition) is 5. The molecule has 1 unspecified atom stereocenters. The summed E-state index contributed by atoms with van der Waals surface area (Å²) in [6, 6.07) is 14.0. The first-order valence-corrected chi connectivity index (χ1v) is 8.27. The number of halogens is 1. The molecule has 6 heteroatoms. The van der Waals surface area contributed by atoms with Gasteiger partial charge >= 0.3 is 0 Å². The predicted molar refractivity (Wildman–Crippen MR) is 89.5 cm³/mol. The molecule has 2 aliphatic rings. The zero-order chi connectivity index (χ0) is 16.4. The van der Waals surface area contributed by atoms with Gasteiger partial charge in [0.1, 0.15) is 18.5 Å². The highest BCUT2D eigenvalue weighted by molar-refractivity contribution is 5.46. The predicted octanol–water partition coefficient (Wildman–Crippen LogP) is -0.783. The van der Waals surface area contributed by atoms with Gasteiger partial charge in [0.25, 0.3) is 0 Å².